The number of amides is 3. The van der Waals surface area contributed by atoms with E-state index in [1.165, 1.54) is 21.1 Å². The van der Waals surface area contributed by atoms with E-state index >= 15 is 0 Å². The van der Waals surface area contributed by atoms with Gasteiger partial charge < -0.3 is 10.4 Å². The standard InChI is InChI=1S/C28H32N4O3S.ClH/c1-27(2,3)20-14-19(15-21(24(20)34)28(4,5)6)31-16-23(33)32(26(31)35)18-11-9-17(10-12-18)30-25(29)22-8-7-13-36-22;/h7-15,34H,16H2,1-6H3,(H2,29,30);1H. The van der Waals surface area contributed by atoms with Crippen molar-refractivity contribution in [1.82, 2.24) is 0 Å². The van der Waals surface area contributed by atoms with Crippen LogP contribution < -0.4 is 15.1 Å². The highest BCUT2D eigenvalue weighted by Gasteiger charge is 2.39. The number of rotatable bonds is 4. The fourth-order valence-electron chi connectivity index (χ4n) is 4.20. The van der Waals surface area contributed by atoms with Crippen molar-refractivity contribution in [2.24, 2.45) is 0 Å². The summed E-state index contributed by atoms with van der Waals surface area (Å²) in [7, 11) is 0. The largest absolute Gasteiger partial charge is 0.507 e. The first kappa shape index (κ1) is 28.2. The summed E-state index contributed by atoms with van der Waals surface area (Å²) in [5.74, 6) is 0.188. The molecule has 0 spiro atoms. The zero-order valence-electron chi connectivity index (χ0n) is 21.9. The maximum atomic E-state index is 13.5. The summed E-state index contributed by atoms with van der Waals surface area (Å²) in [6.45, 7) is 12.0. The molecule has 0 aliphatic carbocycles. The van der Waals surface area contributed by atoms with E-state index in [9.17, 15) is 14.7 Å². The number of amidine groups is 1. The number of thiophene rings is 1. The maximum Gasteiger partial charge on any atom is 0.336 e. The van der Waals surface area contributed by atoms with Crippen molar-refractivity contribution >= 4 is 58.6 Å². The van der Waals surface area contributed by atoms with E-state index in [1.807, 2.05) is 71.2 Å². The van der Waals surface area contributed by atoms with E-state index in [-0.39, 0.29) is 47.3 Å². The lowest BCUT2D eigenvalue weighted by atomic mass is 9.79. The molecule has 2 aromatic carbocycles. The van der Waals surface area contributed by atoms with Crippen LogP contribution in [-0.2, 0) is 15.6 Å². The molecule has 0 saturated carbocycles. The molecule has 1 aliphatic rings. The van der Waals surface area contributed by atoms with Gasteiger partial charge in [-0.3, -0.25) is 15.1 Å². The number of hydrogen-bond acceptors (Lipinski definition) is 5. The third-order valence-corrected chi connectivity index (χ3v) is 7.04. The highest BCUT2D eigenvalue weighted by molar-refractivity contribution is 7.12. The van der Waals surface area contributed by atoms with Crippen LogP contribution in [0.5, 0.6) is 5.75 Å². The van der Waals surface area contributed by atoms with Crippen molar-refractivity contribution in [1.29, 1.82) is 5.41 Å². The summed E-state index contributed by atoms with van der Waals surface area (Å²) < 4.78 is 0. The Morgan fingerprint density at radius 3 is 2.00 bits per heavy atom. The Hall–Kier alpha value is -3.36. The highest BCUT2D eigenvalue weighted by atomic mass is 35.5. The number of phenolic OH excluding ortho intramolecular Hbond substituents is 1. The van der Waals surface area contributed by atoms with Crippen molar-refractivity contribution in [2.45, 2.75) is 52.4 Å². The molecule has 1 aromatic heterocycles. The molecule has 3 aromatic rings. The van der Waals surface area contributed by atoms with Crippen LogP contribution in [0.25, 0.3) is 0 Å². The molecule has 3 N–H and O–H groups in total. The molecular formula is C28H33ClN4O3S. The van der Waals surface area contributed by atoms with Crippen LogP contribution in [0.15, 0.2) is 53.9 Å². The molecule has 2 heterocycles. The van der Waals surface area contributed by atoms with Crippen molar-refractivity contribution < 1.29 is 14.7 Å². The molecule has 0 radical (unpaired) electrons. The molecule has 196 valence electrons. The van der Waals surface area contributed by atoms with Gasteiger partial charge in [-0.15, -0.1) is 23.7 Å². The first-order chi connectivity index (χ1) is 16.8. The summed E-state index contributed by atoms with van der Waals surface area (Å²) in [6, 6.07) is 13.8. The summed E-state index contributed by atoms with van der Waals surface area (Å²) >= 11 is 1.47. The zero-order chi connectivity index (χ0) is 26.4. The Morgan fingerprint density at radius 1 is 0.946 bits per heavy atom. The third kappa shape index (κ3) is 5.65. The van der Waals surface area contributed by atoms with E-state index in [2.05, 4.69) is 5.32 Å². The molecule has 1 aliphatic heterocycles. The number of anilines is 3. The van der Waals surface area contributed by atoms with Gasteiger partial charge in [0.05, 0.1) is 10.6 Å². The van der Waals surface area contributed by atoms with Gasteiger partial charge in [0.2, 0.25) is 0 Å². The predicted octanol–water partition coefficient (Wildman–Crippen LogP) is 6.88. The number of carbonyl (C=O) groups is 2. The minimum atomic E-state index is -0.433. The Morgan fingerprint density at radius 2 is 1.51 bits per heavy atom. The van der Waals surface area contributed by atoms with E-state index in [0.29, 0.717) is 17.1 Å². The molecule has 4 rings (SSSR count). The third-order valence-electron chi connectivity index (χ3n) is 6.15. The van der Waals surface area contributed by atoms with Crippen molar-refractivity contribution in [3.63, 3.8) is 0 Å². The minimum Gasteiger partial charge on any atom is -0.507 e. The van der Waals surface area contributed by atoms with Gasteiger partial charge in [-0.05, 0) is 58.7 Å². The van der Waals surface area contributed by atoms with Crippen LogP contribution in [-0.4, -0.2) is 29.4 Å². The van der Waals surface area contributed by atoms with Crippen molar-refractivity contribution in [2.75, 3.05) is 21.7 Å². The SMILES string of the molecule is CC(C)(C)c1cc(N2CC(=O)N(c3ccc(NC(=N)c4cccs4)cc3)C2=O)cc(C(C)(C)C)c1O.Cl. The van der Waals surface area contributed by atoms with Gasteiger partial charge in [0, 0.05) is 22.5 Å². The van der Waals surface area contributed by atoms with Gasteiger partial charge in [-0.1, -0.05) is 47.6 Å². The molecule has 0 unspecified atom stereocenters. The smallest absolute Gasteiger partial charge is 0.336 e. The van der Waals surface area contributed by atoms with Crippen molar-refractivity contribution in [3.8, 4) is 5.75 Å². The second-order valence-electron chi connectivity index (χ2n) is 11.0. The average molecular weight is 541 g/mol. The minimum absolute atomic E-state index is 0. The topological polar surface area (TPSA) is 96.7 Å². The van der Waals surface area contributed by atoms with Gasteiger partial charge >= 0.3 is 6.03 Å². The van der Waals surface area contributed by atoms with E-state index in [0.717, 1.165) is 16.0 Å². The van der Waals surface area contributed by atoms with Crippen LogP contribution in [0.1, 0.15) is 57.5 Å². The number of phenols is 1. The Labute approximate surface area is 228 Å². The number of nitrogens with one attached hydrogen (secondary N) is 2. The van der Waals surface area contributed by atoms with Crippen LogP contribution in [0, 0.1) is 5.41 Å². The summed E-state index contributed by atoms with van der Waals surface area (Å²) in [4.78, 5) is 29.9. The second-order valence-corrected chi connectivity index (χ2v) is 12.0. The molecule has 0 atom stereocenters. The quantitative estimate of drug-likeness (QED) is 0.191. The maximum absolute atomic E-state index is 13.5. The molecule has 1 saturated heterocycles. The van der Waals surface area contributed by atoms with E-state index < -0.39 is 6.03 Å². The number of benzene rings is 2. The van der Waals surface area contributed by atoms with Crippen LogP contribution >= 0.6 is 23.7 Å². The zero-order valence-corrected chi connectivity index (χ0v) is 23.5. The number of nitrogens with zero attached hydrogens (tertiary/aromatic N) is 2. The Balaban J connectivity index is 0.00000380. The number of halogens is 1. The van der Waals surface area contributed by atoms with Gasteiger partial charge in [-0.2, -0.15) is 0 Å². The molecule has 9 heteroatoms. The molecule has 7 nitrogen and oxygen atoms in total. The van der Waals surface area contributed by atoms with Gasteiger partial charge in [0.15, 0.2) is 0 Å². The lowest BCUT2D eigenvalue weighted by Gasteiger charge is -2.29. The summed E-state index contributed by atoms with van der Waals surface area (Å²) in [6.07, 6.45) is 0. The Kier molecular flexibility index (Phi) is 7.77. The molecule has 1 fully saturated rings. The fourth-order valence-corrected chi connectivity index (χ4v) is 4.83. The van der Waals surface area contributed by atoms with Crippen LogP contribution in [0.2, 0.25) is 0 Å². The van der Waals surface area contributed by atoms with Crippen molar-refractivity contribution in [3.05, 3.63) is 69.9 Å². The number of imide groups is 1. The predicted molar refractivity (Wildman–Crippen MR) is 154 cm³/mol. The van der Waals surface area contributed by atoms with Gasteiger partial charge in [-0.25, -0.2) is 9.69 Å². The summed E-state index contributed by atoms with van der Waals surface area (Å²) in [5, 5.41) is 24.2. The fraction of sp³-hybridized carbons (Fsp3) is 0.321. The monoisotopic (exact) mass is 540 g/mol. The molecule has 3 amide bonds. The lowest BCUT2D eigenvalue weighted by Crippen LogP contribution is -2.33. The number of hydrogen-bond donors (Lipinski definition) is 3. The lowest BCUT2D eigenvalue weighted by molar-refractivity contribution is -0.115. The van der Waals surface area contributed by atoms with Gasteiger partial charge in [0.25, 0.3) is 5.91 Å². The first-order valence-corrected chi connectivity index (χ1v) is 12.7. The molecule has 37 heavy (non-hydrogen) atoms. The van der Waals surface area contributed by atoms with Crippen LogP contribution in [0.3, 0.4) is 0 Å². The first-order valence-electron chi connectivity index (χ1n) is 11.8. The molecular weight excluding hydrogens is 508 g/mol. The van der Waals surface area contributed by atoms with E-state index in [1.54, 1.807) is 24.3 Å². The number of aromatic hydroxyl groups is 1. The van der Waals surface area contributed by atoms with Gasteiger partial charge in [0.1, 0.15) is 18.1 Å². The van der Waals surface area contributed by atoms with E-state index in [4.69, 9.17) is 5.41 Å². The summed E-state index contributed by atoms with van der Waals surface area (Å²) in [5.41, 5.74) is 2.49. The van der Waals surface area contributed by atoms with Crippen LogP contribution in [0.4, 0.5) is 21.9 Å². The average Bonchev–Trinajstić information content (AvgIpc) is 3.41. The Bertz CT molecular complexity index is 1290. The second kappa shape index (κ2) is 10.2. The number of urea groups is 1. The normalized spacial score (nSPS) is 14.1. The highest BCUT2D eigenvalue weighted by Crippen LogP contribution is 2.42. The number of carbonyl (C=O) groups excluding carboxylic acids is 2. The molecule has 0 bridgehead atoms.